The third-order valence-electron chi connectivity index (χ3n) is 2.46. The number of sulfone groups is 1. The molecule has 0 unspecified atom stereocenters. The zero-order valence-electron chi connectivity index (χ0n) is 9.33. The number of hydrogen-bond donors (Lipinski definition) is 1. The Hall–Kier alpha value is -1.46. The fourth-order valence-electron chi connectivity index (χ4n) is 1.70. The number of rotatable bonds is 4. The molecule has 0 spiro atoms. The number of nitrogens with zero attached hydrogens (tertiary/aromatic N) is 1. The van der Waals surface area contributed by atoms with Crippen molar-refractivity contribution >= 4 is 20.7 Å². The maximum Gasteiger partial charge on any atom is 0.155 e. The minimum atomic E-state index is -3.12. The van der Waals surface area contributed by atoms with Crippen LogP contribution in [-0.4, -0.2) is 25.7 Å². The van der Waals surface area contributed by atoms with Crippen LogP contribution < -0.4 is 5.73 Å². The lowest BCUT2D eigenvalue weighted by Crippen LogP contribution is -2.17. The van der Waals surface area contributed by atoms with Gasteiger partial charge in [-0.25, -0.2) is 8.42 Å². The van der Waals surface area contributed by atoms with Gasteiger partial charge in [-0.1, -0.05) is 18.2 Å². The number of aromatic nitrogens is 1. The van der Waals surface area contributed by atoms with Crippen LogP contribution in [0.2, 0.25) is 0 Å². The topological polar surface area (TPSA) is 73.1 Å². The summed E-state index contributed by atoms with van der Waals surface area (Å²) in [5.41, 5.74) is 6.84. The summed E-state index contributed by atoms with van der Waals surface area (Å²) < 4.78 is 23.3. The van der Waals surface area contributed by atoms with E-state index in [1.165, 1.54) is 0 Å². The molecule has 90 valence electrons. The molecule has 2 N–H and O–H groups in total. The van der Waals surface area contributed by atoms with E-state index in [0.717, 1.165) is 10.9 Å². The van der Waals surface area contributed by atoms with E-state index in [0.29, 0.717) is 5.56 Å². The lowest BCUT2D eigenvalue weighted by molar-refractivity contribution is 0.595. The highest BCUT2D eigenvalue weighted by atomic mass is 32.2. The highest BCUT2D eigenvalue weighted by Crippen LogP contribution is 2.14. The van der Waals surface area contributed by atoms with Gasteiger partial charge in [0, 0.05) is 18.1 Å². The second-order valence-electron chi connectivity index (χ2n) is 3.92. The molecule has 0 saturated heterocycles. The number of para-hydroxylation sites is 1. The lowest BCUT2D eigenvalue weighted by atomic mass is 10.2. The van der Waals surface area contributed by atoms with Crippen LogP contribution in [0, 0.1) is 0 Å². The van der Waals surface area contributed by atoms with Crippen molar-refractivity contribution in [2.45, 2.75) is 5.75 Å². The van der Waals surface area contributed by atoms with E-state index in [2.05, 4.69) is 4.98 Å². The Morgan fingerprint density at radius 1 is 1.24 bits per heavy atom. The summed E-state index contributed by atoms with van der Waals surface area (Å²) in [4.78, 5) is 4.23. The molecular formula is C12H14N2O2S. The van der Waals surface area contributed by atoms with Crippen molar-refractivity contribution in [1.29, 1.82) is 0 Å². The summed E-state index contributed by atoms with van der Waals surface area (Å²) in [6.07, 6.45) is 1.61. The van der Waals surface area contributed by atoms with Gasteiger partial charge in [0.1, 0.15) is 0 Å². The monoisotopic (exact) mass is 250 g/mol. The van der Waals surface area contributed by atoms with E-state index in [1.807, 2.05) is 30.3 Å². The van der Waals surface area contributed by atoms with Crippen LogP contribution in [0.4, 0.5) is 0 Å². The van der Waals surface area contributed by atoms with Gasteiger partial charge in [-0.05, 0) is 17.7 Å². The average molecular weight is 250 g/mol. The third kappa shape index (κ3) is 3.01. The number of hydrogen-bond acceptors (Lipinski definition) is 4. The zero-order chi connectivity index (χ0) is 12.3. The largest absolute Gasteiger partial charge is 0.329 e. The zero-order valence-corrected chi connectivity index (χ0v) is 10.2. The first-order valence-corrected chi connectivity index (χ1v) is 7.17. The fraction of sp³-hybridized carbons (Fsp3) is 0.250. The molecular weight excluding hydrogens is 236 g/mol. The highest BCUT2D eigenvalue weighted by Gasteiger charge is 2.11. The van der Waals surface area contributed by atoms with Gasteiger partial charge in [0.05, 0.1) is 17.0 Å². The second-order valence-corrected chi connectivity index (χ2v) is 6.10. The Labute approximate surface area is 100 Å². The molecule has 1 aromatic heterocycles. The summed E-state index contributed by atoms with van der Waals surface area (Å²) in [7, 11) is -3.12. The predicted octanol–water partition coefficient (Wildman–Crippen LogP) is 1.11. The van der Waals surface area contributed by atoms with Crippen LogP contribution in [0.1, 0.15) is 5.56 Å². The fourth-order valence-corrected chi connectivity index (χ4v) is 2.87. The van der Waals surface area contributed by atoms with Crippen LogP contribution in [0.25, 0.3) is 10.9 Å². The van der Waals surface area contributed by atoms with Gasteiger partial charge in [0.2, 0.25) is 0 Å². The second kappa shape index (κ2) is 4.81. The third-order valence-corrected chi connectivity index (χ3v) is 4.09. The Morgan fingerprint density at radius 3 is 2.76 bits per heavy atom. The molecule has 2 aromatic rings. The minimum Gasteiger partial charge on any atom is -0.329 e. The molecule has 4 nitrogen and oxygen atoms in total. The van der Waals surface area contributed by atoms with Gasteiger partial charge < -0.3 is 5.73 Å². The van der Waals surface area contributed by atoms with E-state index in [9.17, 15) is 8.42 Å². The number of nitrogens with two attached hydrogens (primary N) is 1. The molecule has 0 fully saturated rings. The molecule has 0 radical (unpaired) electrons. The normalized spacial score (nSPS) is 11.8. The van der Waals surface area contributed by atoms with E-state index in [1.54, 1.807) is 6.20 Å². The summed E-state index contributed by atoms with van der Waals surface area (Å²) in [5, 5.41) is 0.952. The van der Waals surface area contributed by atoms with Crippen LogP contribution in [-0.2, 0) is 15.6 Å². The number of benzene rings is 1. The molecule has 0 aliphatic heterocycles. The molecule has 1 aromatic carbocycles. The predicted molar refractivity (Wildman–Crippen MR) is 68.3 cm³/mol. The van der Waals surface area contributed by atoms with Gasteiger partial charge in [-0.3, -0.25) is 4.98 Å². The summed E-state index contributed by atoms with van der Waals surface area (Å²) in [6, 6.07) is 9.48. The molecule has 5 heteroatoms. The highest BCUT2D eigenvalue weighted by molar-refractivity contribution is 7.90. The smallest absolute Gasteiger partial charge is 0.155 e. The van der Waals surface area contributed by atoms with Gasteiger partial charge in [-0.2, -0.15) is 0 Å². The van der Waals surface area contributed by atoms with E-state index >= 15 is 0 Å². The first-order chi connectivity index (χ1) is 8.11. The molecule has 2 rings (SSSR count). The van der Waals surface area contributed by atoms with Crippen molar-refractivity contribution in [1.82, 2.24) is 4.98 Å². The van der Waals surface area contributed by atoms with Crippen molar-refractivity contribution in [2.75, 3.05) is 12.3 Å². The molecule has 17 heavy (non-hydrogen) atoms. The van der Waals surface area contributed by atoms with Crippen molar-refractivity contribution in [3.63, 3.8) is 0 Å². The van der Waals surface area contributed by atoms with Gasteiger partial charge >= 0.3 is 0 Å². The summed E-state index contributed by atoms with van der Waals surface area (Å²) >= 11 is 0. The van der Waals surface area contributed by atoms with Crippen LogP contribution in [0.3, 0.4) is 0 Å². The van der Waals surface area contributed by atoms with Crippen LogP contribution in [0.5, 0.6) is 0 Å². The van der Waals surface area contributed by atoms with Crippen molar-refractivity contribution in [2.24, 2.45) is 5.73 Å². The molecule has 0 bridgehead atoms. The summed E-state index contributed by atoms with van der Waals surface area (Å²) in [5.74, 6) is 0.0157. The summed E-state index contributed by atoms with van der Waals surface area (Å²) in [6.45, 7) is 0.156. The number of pyridine rings is 1. The Bertz CT molecular complexity index is 623. The van der Waals surface area contributed by atoms with Crippen LogP contribution >= 0.6 is 0 Å². The van der Waals surface area contributed by atoms with Crippen molar-refractivity contribution in [3.8, 4) is 0 Å². The van der Waals surface area contributed by atoms with E-state index < -0.39 is 9.84 Å². The molecule has 0 amide bonds. The minimum absolute atomic E-state index is 0.00202. The molecule has 0 saturated carbocycles. The van der Waals surface area contributed by atoms with Crippen LogP contribution in [0.15, 0.2) is 36.5 Å². The quantitative estimate of drug-likeness (QED) is 0.882. The maximum atomic E-state index is 11.6. The van der Waals surface area contributed by atoms with Crippen molar-refractivity contribution in [3.05, 3.63) is 42.1 Å². The maximum absolute atomic E-state index is 11.6. The molecule has 0 aliphatic carbocycles. The first-order valence-electron chi connectivity index (χ1n) is 5.35. The standard InChI is InChI=1S/C12H14N2O2S/c13-5-6-17(15,16)9-10-7-11-3-1-2-4-12(11)14-8-10/h1-4,7-8H,5-6,9,13H2. The molecule has 0 aliphatic rings. The van der Waals surface area contributed by atoms with E-state index in [-0.39, 0.29) is 18.1 Å². The average Bonchev–Trinajstić information content (AvgIpc) is 2.28. The van der Waals surface area contributed by atoms with Gasteiger partial charge in [0.15, 0.2) is 9.84 Å². The van der Waals surface area contributed by atoms with Gasteiger partial charge in [-0.15, -0.1) is 0 Å². The van der Waals surface area contributed by atoms with Gasteiger partial charge in [0.25, 0.3) is 0 Å². The molecule has 1 heterocycles. The Kier molecular flexibility index (Phi) is 3.40. The van der Waals surface area contributed by atoms with Crippen molar-refractivity contribution < 1.29 is 8.42 Å². The first kappa shape index (κ1) is 12.0. The molecule has 0 atom stereocenters. The Morgan fingerprint density at radius 2 is 2.00 bits per heavy atom. The Balaban J connectivity index is 2.31. The van der Waals surface area contributed by atoms with E-state index in [4.69, 9.17) is 5.73 Å². The number of fused-ring (bicyclic) bond motifs is 1. The SMILES string of the molecule is NCCS(=O)(=O)Cc1cnc2ccccc2c1. The lowest BCUT2D eigenvalue weighted by Gasteiger charge is -2.04.